The van der Waals surface area contributed by atoms with Gasteiger partial charge in [-0.05, 0) is 25.7 Å². The number of hydrogen-bond donors (Lipinski definition) is 1. The van der Waals surface area contributed by atoms with Gasteiger partial charge in [-0.2, -0.15) is 9.97 Å². The van der Waals surface area contributed by atoms with Gasteiger partial charge in [-0.15, -0.1) is 0 Å². The molecule has 2 aromatic heterocycles. The summed E-state index contributed by atoms with van der Waals surface area (Å²) in [7, 11) is 0. The average Bonchev–Trinajstić information content (AvgIpc) is 3.44. The lowest BCUT2D eigenvalue weighted by Gasteiger charge is -2.28. The van der Waals surface area contributed by atoms with E-state index in [0.29, 0.717) is 25.7 Å². The summed E-state index contributed by atoms with van der Waals surface area (Å²) in [5.41, 5.74) is 1.78. The highest BCUT2D eigenvalue weighted by molar-refractivity contribution is 5.84. The number of ether oxygens (including phenoxy) is 1. The highest BCUT2D eigenvalue weighted by Crippen LogP contribution is 2.32. The molecular weight excluding hydrogens is 394 g/mol. The van der Waals surface area contributed by atoms with Crippen molar-refractivity contribution in [1.29, 1.82) is 0 Å². The molecule has 0 spiro atoms. The molecule has 1 amide bonds. The van der Waals surface area contributed by atoms with Crippen LogP contribution in [0.3, 0.4) is 0 Å². The summed E-state index contributed by atoms with van der Waals surface area (Å²) in [6.07, 6.45) is 10.8. The average molecular weight is 428 g/mol. The van der Waals surface area contributed by atoms with Crippen LogP contribution < -0.4 is 10.2 Å². The number of imidazole rings is 1. The normalized spacial score (nSPS) is 20.7. The lowest BCUT2D eigenvalue weighted by Crippen LogP contribution is -2.37. The minimum atomic E-state index is 0.283. The summed E-state index contributed by atoms with van der Waals surface area (Å²) >= 11 is 0. The first kappa shape index (κ1) is 20.5. The molecule has 3 fully saturated rings. The van der Waals surface area contributed by atoms with Crippen LogP contribution in [-0.2, 0) is 9.53 Å². The second-order valence-electron chi connectivity index (χ2n) is 8.85. The van der Waals surface area contributed by atoms with Crippen molar-refractivity contribution in [3.63, 3.8) is 0 Å². The Morgan fingerprint density at radius 3 is 2.68 bits per heavy atom. The number of carbonyl (C=O) groups is 1. The van der Waals surface area contributed by atoms with Gasteiger partial charge in [-0.1, -0.05) is 19.3 Å². The molecule has 168 valence electrons. The number of aromatic nitrogens is 4. The van der Waals surface area contributed by atoms with Gasteiger partial charge in [0.2, 0.25) is 11.9 Å². The van der Waals surface area contributed by atoms with Crippen LogP contribution in [-0.4, -0.2) is 76.3 Å². The highest BCUT2D eigenvalue weighted by Gasteiger charge is 2.23. The predicted octanol–water partition coefficient (Wildman–Crippen LogP) is 2.59. The number of likely N-dealkylation sites (tertiary alicyclic amines) is 1. The molecule has 0 bridgehead atoms. The summed E-state index contributed by atoms with van der Waals surface area (Å²) in [4.78, 5) is 30.6. The number of fused-ring (bicyclic) bond motifs is 1. The Morgan fingerprint density at radius 2 is 1.90 bits per heavy atom. The van der Waals surface area contributed by atoms with E-state index in [1.165, 1.54) is 32.1 Å². The summed E-state index contributed by atoms with van der Waals surface area (Å²) in [6, 6.07) is 0.472. The first-order valence-corrected chi connectivity index (χ1v) is 11.9. The number of carbonyl (C=O) groups excluding carboxylic acids is 1. The molecular formula is C22H33N7O2. The van der Waals surface area contributed by atoms with Crippen LogP contribution in [0.25, 0.3) is 11.2 Å². The number of morpholine rings is 1. The number of anilines is 2. The minimum absolute atomic E-state index is 0.283. The zero-order chi connectivity index (χ0) is 21.0. The van der Waals surface area contributed by atoms with Crippen LogP contribution in [0.5, 0.6) is 0 Å². The van der Waals surface area contributed by atoms with Crippen molar-refractivity contribution in [3.8, 4) is 0 Å². The molecule has 0 atom stereocenters. The summed E-state index contributed by atoms with van der Waals surface area (Å²) < 4.78 is 7.79. The van der Waals surface area contributed by atoms with Crippen LogP contribution in [0.2, 0.25) is 0 Å². The standard InChI is InChI=1S/C22H33N7O2/c30-18-8-4-10-27(18)11-5-9-23-20-19-21(26-22(25-20)28-12-14-31-15-13-28)29(16-24-19)17-6-2-1-3-7-17/h16-17H,1-15H2,(H,23,25,26). The Kier molecular flexibility index (Phi) is 6.20. The van der Waals surface area contributed by atoms with Gasteiger partial charge >= 0.3 is 0 Å². The Bertz CT molecular complexity index is 903. The van der Waals surface area contributed by atoms with E-state index in [0.717, 1.165) is 68.5 Å². The first-order chi connectivity index (χ1) is 15.3. The Balaban J connectivity index is 1.37. The summed E-state index contributed by atoms with van der Waals surface area (Å²) in [6.45, 7) is 5.47. The molecule has 0 radical (unpaired) electrons. The van der Waals surface area contributed by atoms with Gasteiger partial charge in [0.1, 0.15) is 0 Å². The first-order valence-electron chi connectivity index (χ1n) is 11.9. The number of nitrogens with one attached hydrogen (secondary N) is 1. The second kappa shape index (κ2) is 9.38. The summed E-state index contributed by atoms with van der Waals surface area (Å²) in [5.74, 6) is 1.84. The lowest BCUT2D eigenvalue weighted by atomic mass is 9.95. The third-order valence-corrected chi connectivity index (χ3v) is 6.74. The maximum absolute atomic E-state index is 11.8. The smallest absolute Gasteiger partial charge is 0.229 e. The molecule has 0 aromatic carbocycles. The van der Waals surface area contributed by atoms with Crippen LogP contribution in [0.4, 0.5) is 11.8 Å². The van der Waals surface area contributed by atoms with Crippen molar-refractivity contribution in [1.82, 2.24) is 24.4 Å². The number of rotatable bonds is 7. The molecule has 2 aliphatic heterocycles. The zero-order valence-corrected chi connectivity index (χ0v) is 18.3. The molecule has 0 unspecified atom stereocenters. The quantitative estimate of drug-likeness (QED) is 0.680. The third kappa shape index (κ3) is 4.46. The van der Waals surface area contributed by atoms with E-state index in [-0.39, 0.29) is 5.91 Å². The number of nitrogens with zero attached hydrogens (tertiary/aromatic N) is 6. The van der Waals surface area contributed by atoms with E-state index in [2.05, 4.69) is 14.8 Å². The predicted molar refractivity (Wildman–Crippen MR) is 119 cm³/mol. The lowest BCUT2D eigenvalue weighted by molar-refractivity contribution is -0.127. The highest BCUT2D eigenvalue weighted by atomic mass is 16.5. The molecule has 9 heteroatoms. The van der Waals surface area contributed by atoms with Crippen molar-refractivity contribution >= 4 is 28.8 Å². The van der Waals surface area contributed by atoms with Crippen molar-refractivity contribution in [2.24, 2.45) is 0 Å². The topological polar surface area (TPSA) is 88.4 Å². The molecule has 5 rings (SSSR count). The fourth-order valence-corrected chi connectivity index (χ4v) is 4.98. The third-order valence-electron chi connectivity index (χ3n) is 6.74. The maximum atomic E-state index is 11.8. The Hall–Kier alpha value is -2.42. The fourth-order valence-electron chi connectivity index (χ4n) is 4.98. The van der Waals surface area contributed by atoms with Crippen LogP contribution >= 0.6 is 0 Å². The monoisotopic (exact) mass is 427 g/mol. The van der Waals surface area contributed by atoms with E-state index in [1.807, 2.05) is 11.2 Å². The van der Waals surface area contributed by atoms with Gasteiger partial charge in [0, 0.05) is 45.2 Å². The maximum Gasteiger partial charge on any atom is 0.229 e. The van der Waals surface area contributed by atoms with E-state index >= 15 is 0 Å². The van der Waals surface area contributed by atoms with Gasteiger partial charge in [-0.3, -0.25) is 4.79 Å². The van der Waals surface area contributed by atoms with E-state index in [1.54, 1.807) is 0 Å². The van der Waals surface area contributed by atoms with Crippen molar-refractivity contribution in [3.05, 3.63) is 6.33 Å². The molecule has 1 saturated carbocycles. The van der Waals surface area contributed by atoms with E-state index in [9.17, 15) is 4.79 Å². The molecule has 31 heavy (non-hydrogen) atoms. The Labute approximate surface area is 183 Å². The van der Waals surface area contributed by atoms with Crippen molar-refractivity contribution < 1.29 is 9.53 Å². The van der Waals surface area contributed by atoms with E-state index in [4.69, 9.17) is 19.7 Å². The van der Waals surface area contributed by atoms with Gasteiger partial charge < -0.3 is 24.4 Å². The van der Waals surface area contributed by atoms with Crippen molar-refractivity contribution in [2.45, 2.75) is 57.4 Å². The van der Waals surface area contributed by atoms with Crippen LogP contribution in [0.15, 0.2) is 6.33 Å². The van der Waals surface area contributed by atoms with Gasteiger partial charge in [0.05, 0.1) is 19.5 Å². The minimum Gasteiger partial charge on any atom is -0.378 e. The van der Waals surface area contributed by atoms with Gasteiger partial charge in [-0.25, -0.2) is 4.98 Å². The van der Waals surface area contributed by atoms with Crippen molar-refractivity contribution in [2.75, 3.05) is 56.2 Å². The zero-order valence-electron chi connectivity index (χ0n) is 18.3. The van der Waals surface area contributed by atoms with Gasteiger partial charge in [0.15, 0.2) is 17.0 Å². The second-order valence-corrected chi connectivity index (χ2v) is 8.85. The molecule has 4 heterocycles. The van der Waals surface area contributed by atoms with Crippen LogP contribution in [0.1, 0.15) is 57.4 Å². The molecule has 9 nitrogen and oxygen atoms in total. The molecule has 2 aromatic rings. The fraction of sp³-hybridized carbons (Fsp3) is 0.727. The molecule has 3 aliphatic rings. The van der Waals surface area contributed by atoms with E-state index < -0.39 is 0 Å². The molecule has 1 N–H and O–H groups in total. The summed E-state index contributed by atoms with van der Waals surface area (Å²) in [5, 5.41) is 3.50. The van der Waals surface area contributed by atoms with Crippen LogP contribution in [0, 0.1) is 0 Å². The molecule has 2 saturated heterocycles. The number of amides is 1. The number of hydrogen-bond acceptors (Lipinski definition) is 7. The molecule has 1 aliphatic carbocycles. The van der Waals surface area contributed by atoms with Gasteiger partial charge in [0.25, 0.3) is 0 Å². The largest absolute Gasteiger partial charge is 0.378 e. The Morgan fingerprint density at radius 1 is 1.06 bits per heavy atom. The SMILES string of the molecule is O=C1CCCN1CCCNc1nc(N2CCOCC2)nc2c1ncn2C1CCCCC1.